The number of benzene rings is 1. The molecule has 1 amide bonds. The molecular weight excluding hydrogens is 356 g/mol. The third-order valence-corrected chi connectivity index (χ3v) is 4.80. The van der Waals surface area contributed by atoms with E-state index >= 15 is 0 Å². The van der Waals surface area contributed by atoms with Gasteiger partial charge in [-0.05, 0) is 49.1 Å². The molecule has 0 unspecified atom stereocenters. The predicted octanol–water partition coefficient (Wildman–Crippen LogP) is 3.11. The van der Waals surface area contributed by atoms with Gasteiger partial charge in [0.25, 0.3) is 5.91 Å². The van der Waals surface area contributed by atoms with Crippen LogP contribution in [0.15, 0.2) is 41.3 Å². The van der Waals surface area contributed by atoms with Crippen LogP contribution >= 0.6 is 11.6 Å². The Balaban J connectivity index is 1.56. The number of rotatable bonds is 5. The van der Waals surface area contributed by atoms with Crippen LogP contribution in [0.5, 0.6) is 5.75 Å². The van der Waals surface area contributed by atoms with E-state index in [-0.39, 0.29) is 5.91 Å². The fraction of sp³-hybridized carbons (Fsp3) is 0.278. The zero-order valence-corrected chi connectivity index (χ0v) is 14.6. The summed E-state index contributed by atoms with van der Waals surface area (Å²) in [5, 5.41) is 9.48. The molecule has 0 aliphatic heterocycles. The number of hydrogen-bond donors (Lipinski definition) is 2. The number of amides is 1. The number of nitrogens with one attached hydrogen (secondary N) is 2. The molecule has 26 heavy (non-hydrogen) atoms. The van der Waals surface area contributed by atoms with Gasteiger partial charge >= 0.3 is 5.69 Å². The van der Waals surface area contributed by atoms with Crippen LogP contribution < -0.4 is 15.7 Å². The summed E-state index contributed by atoms with van der Waals surface area (Å²) in [5.74, 6) is 0.788. The molecule has 2 heterocycles. The van der Waals surface area contributed by atoms with Gasteiger partial charge in [0.1, 0.15) is 5.75 Å². The maximum atomic E-state index is 12.6. The van der Waals surface area contributed by atoms with Gasteiger partial charge in [0, 0.05) is 11.2 Å². The topological polar surface area (TPSA) is 88.5 Å². The van der Waals surface area contributed by atoms with Crippen molar-refractivity contribution < 1.29 is 9.53 Å². The number of carbonyl (C=O) groups excluding carboxylic acids is 1. The van der Waals surface area contributed by atoms with Crippen molar-refractivity contribution in [3.05, 3.63) is 57.6 Å². The number of aromatic nitrogens is 3. The maximum Gasteiger partial charge on any atom is 0.347 e. The molecule has 134 valence electrons. The number of fused-ring (bicyclic) bond motifs is 1. The number of anilines is 1. The number of H-pyrrole nitrogens is 1. The number of aromatic amines is 1. The zero-order valence-electron chi connectivity index (χ0n) is 13.9. The molecule has 2 aromatic heterocycles. The van der Waals surface area contributed by atoms with Crippen LogP contribution in [0, 0.1) is 5.92 Å². The molecule has 1 aromatic carbocycles. The first-order valence-electron chi connectivity index (χ1n) is 8.40. The Hall–Kier alpha value is -2.80. The summed E-state index contributed by atoms with van der Waals surface area (Å²) in [6, 6.07) is 8.33. The largest absolute Gasteiger partial charge is 0.491 e. The van der Waals surface area contributed by atoms with Crippen LogP contribution in [0.25, 0.3) is 5.65 Å². The Morgan fingerprint density at radius 1 is 1.35 bits per heavy atom. The van der Waals surface area contributed by atoms with Crippen LogP contribution in [0.2, 0.25) is 5.02 Å². The summed E-state index contributed by atoms with van der Waals surface area (Å²) < 4.78 is 7.14. The fourth-order valence-electron chi connectivity index (χ4n) is 2.83. The van der Waals surface area contributed by atoms with Crippen molar-refractivity contribution in [3.8, 4) is 5.75 Å². The molecule has 0 spiro atoms. The summed E-state index contributed by atoms with van der Waals surface area (Å²) in [6.45, 7) is 0.626. The van der Waals surface area contributed by atoms with E-state index in [0.717, 1.165) is 0 Å². The molecule has 0 radical (unpaired) electrons. The van der Waals surface area contributed by atoms with Crippen molar-refractivity contribution in [2.75, 3.05) is 11.9 Å². The third-order valence-electron chi connectivity index (χ3n) is 4.56. The Labute approximate surface area is 153 Å². The second-order valence-corrected chi connectivity index (χ2v) is 6.81. The standard InChI is InChI=1S/C18H17ClN4O3/c19-13-5-6-15(26-10-11-2-1-3-11)14(8-13)20-17(24)12-4-7-16-21-22-18(25)23(16)9-12/h4-9,11H,1-3,10H2,(H,20,24)(H,22,25). The molecule has 8 heteroatoms. The van der Waals surface area contributed by atoms with Crippen molar-refractivity contribution in [3.63, 3.8) is 0 Å². The summed E-state index contributed by atoms with van der Waals surface area (Å²) in [7, 11) is 0. The number of pyridine rings is 1. The fourth-order valence-corrected chi connectivity index (χ4v) is 3.00. The molecule has 0 atom stereocenters. The highest BCUT2D eigenvalue weighted by Crippen LogP contribution is 2.32. The van der Waals surface area contributed by atoms with Crippen LogP contribution in [0.4, 0.5) is 5.69 Å². The lowest BCUT2D eigenvalue weighted by atomic mass is 9.86. The van der Waals surface area contributed by atoms with Gasteiger partial charge in [0.15, 0.2) is 5.65 Å². The minimum atomic E-state index is -0.401. The van der Waals surface area contributed by atoms with E-state index in [9.17, 15) is 9.59 Å². The van der Waals surface area contributed by atoms with E-state index in [4.69, 9.17) is 16.3 Å². The van der Waals surface area contributed by atoms with Crippen LogP contribution in [0.1, 0.15) is 29.6 Å². The van der Waals surface area contributed by atoms with E-state index in [1.165, 1.54) is 29.9 Å². The second-order valence-electron chi connectivity index (χ2n) is 6.38. The smallest absolute Gasteiger partial charge is 0.347 e. The number of halogens is 1. The highest BCUT2D eigenvalue weighted by molar-refractivity contribution is 6.31. The molecule has 7 nitrogen and oxygen atoms in total. The van der Waals surface area contributed by atoms with E-state index in [0.29, 0.717) is 40.2 Å². The maximum absolute atomic E-state index is 12.6. The van der Waals surface area contributed by atoms with Gasteiger partial charge in [-0.3, -0.25) is 4.79 Å². The highest BCUT2D eigenvalue weighted by Gasteiger charge is 2.19. The van der Waals surface area contributed by atoms with Crippen molar-refractivity contribution in [2.45, 2.75) is 19.3 Å². The molecular formula is C18H17ClN4O3. The third kappa shape index (κ3) is 3.30. The molecule has 1 saturated carbocycles. The van der Waals surface area contributed by atoms with E-state index in [2.05, 4.69) is 15.5 Å². The van der Waals surface area contributed by atoms with Crippen molar-refractivity contribution in [2.24, 2.45) is 5.92 Å². The quantitative estimate of drug-likeness (QED) is 0.720. The lowest BCUT2D eigenvalue weighted by Gasteiger charge is -2.25. The molecule has 1 aliphatic rings. The summed E-state index contributed by atoms with van der Waals surface area (Å²) >= 11 is 6.07. The summed E-state index contributed by atoms with van der Waals surface area (Å²) in [4.78, 5) is 24.3. The minimum Gasteiger partial charge on any atom is -0.491 e. The number of nitrogens with zero attached hydrogens (tertiary/aromatic N) is 2. The summed E-state index contributed by atoms with van der Waals surface area (Å²) in [5.41, 5.74) is 0.869. The molecule has 0 bridgehead atoms. The lowest BCUT2D eigenvalue weighted by Crippen LogP contribution is -2.20. The normalized spacial score (nSPS) is 14.2. The second kappa shape index (κ2) is 6.84. The Morgan fingerprint density at radius 2 is 2.19 bits per heavy atom. The van der Waals surface area contributed by atoms with Crippen LogP contribution in [-0.2, 0) is 0 Å². The molecule has 3 aromatic rings. The Kier molecular flexibility index (Phi) is 4.38. The average molecular weight is 373 g/mol. The van der Waals surface area contributed by atoms with Gasteiger partial charge < -0.3 is 10.1 Å². The first-order chi connectivity index (χ1) is 12.6. The van der Waals surface area contributed by atoms with Gasteiger partial charge in [0.05, 0.1) is 17.9 Å². The summed E-state index contributed by atoms with van der Waals surface area (Å²) in [6.07, 6.45) is 5.04. The molecule has 4 rings (SSSR count). The number of hydrogen-bond acceptors (Lipinski definition) is 4. The van der Waals surface area contributed by atoms with Gasteiger partial charge in [-0.2, -0.15) is 5.10 Å². The predicted molar refractivity (Wildman–Crippen MR) is 98.1 cm³/mol. The van der Waals surface area contributed by atoms with Gasteiger partial charge in [-0.15, -0.1) is 0 Å². The molecule has 0 saturated heterocycles. The first kappa shape index (κ1) is 16.7. The molecule has 1 fully saturated rings. The lowest BCUT2D eigenvalue weighted by molar-refractivity contribution is 0.102. The van der Waals surface area contributed by atoms with Gasteiger partial charge in [-0.25, -0.2) is 14.3 Å². The molecule has 1 aliphatic carbocycles. The van der Waals surface area contributed by atoms with E-state index in [1.807, 2.05) is 0 Å². The average Bonchev–Trinajstić information content (AvgIpc) is 2.96. The SMILES string of the molecule is O=C(Nc1cc(Cl)ccc1OCC1CCC1)c1ccc2n[nH]c(=O)n2c1. The highest BCUT2D eigenvalue weighted by atomic mass is 35.5. The van der Waals surface area contributed by atoms with Gasteiger partial charge in [-0.1, -0.05) is 18.0 Å². The zero-order chi connectivity index (χ0) is 18.1. The first-order valence-corrected chi connectivity index (χ1v) is 8.78. The van der Waals surface area contributed by atoms with Gasteiger partial charge in [0.2, 0.25) is 0 Å². The van der Waals surface area contributed by atoms with Crippen molar-refractivity contribution >= 4 is 28.8 Å². The van der Waals surface area contributed by atoms with Crippen molar-refractivity contribution in [1.29, 1.82) is 0 Å². The Morgan fingerprint density at radius 3 is 2.96 bits per heavy atom. The van der Waals surface area contributed by atoms with Crippen LogP contribution in [-0.4, -0.2) is 27.1 Å². The number of carbonyl (C=O) groups is 1. The van der Waals surface area contributed by atoms with Crippen LogP contribution in [0.3, 0.4) is 0 Å². The van der Waals surface area contributed by atoms with E-state index < -0.39 is 5.69 Å². The molecule has 2 N–H and O–H groups in total. The minimum absolute atomic E-state index is 0.325. The Bertz CT molecular complexity index is 1020. The van der Waals surface area contributed by atoms with Crippen molar-refractivity contribution in [1.82, 2.24) is 14.6 Å². The monoisotopic (exact) mass is 372 g/mol. The number of ether oxygens (including phenoxy) is 1. The van der Waals surface area contributed by atoms with E-state index in [1.54, 1.807) is 30.3 Å².